The van der Waals surface area contributed by atoms with Crippen LogP contribution in [-0.4, -0.2) is 24.2 Å². The lowest BCUT2D eigenvalue weighted by Gasteiger charge is -2.55. The van der Waals surface area contributed by atoms with Crippen LogP contribution in [0.5, 0.6) is 0 Å². The van der Waals surface area contributed by atoms with Crippen molar-refractivity contribution in [1.82, 2.24) is 4.57 Å². The molecule has 0 radical (unpaired) electrons. The van der Waals surface area contributed by atoms with Gasteiger partial charge in [0.2, 0.25) is 0 Å². The molecule has 4 fully saturated rings. The number of rotatable bonds is 6. The molecule has 5 heteroatoms. The van der Waals surface area contributed by atoms with Crippen LogP contribution in [0.4, 0.5) is 0 Å². The van der Waals surface area contributed by atoms with E-state index in [-0.39, 0.29) is 11.3 Å². The maximum Gasteiger partial charge on any atom is 0.254 e. The Morgan fingerprint density at radius 1 is 1.15 bits per heavy atom. The van der Waals surface area contributed by atoms with E-state index >= 15 is 0 Å². The van der Waals surface area contributed by atoms with E-state index in [2.05, 4.69) is 18.4 Å². The molecule has 1 aromatic rings. The molecule has 0 spiro atoms. The van der Waals surface area contributed by atoms with E-state index in [1.54, 1.807) is 18.4 Å². The molecule has 4 bridgehead atoms. The van der Waals surface area contributed by atoms with Crippen molar-refractivity contribution in [3.8, 4) is 0 Å². The molecular formula is C21H32N2O2S. The van der Waals surface area contributed by atoms with Crippen molar-refractivity contribution >= 4 is 17.2 Å². The number of thiazole rings is 1. The topological polar surface area (TPSA) is 43.6 Å². The van der Waals surface area contributed by atoms with E-state index < -0.39 is 0 Å². The van der Waals surface area contributed by atoms with Gasteiger partial charge in [-0.3, -0.25) is 4.79 Å². The van der Waals surface area contributed by atoms with Gasteiger partial charge >= 0.3 is 0 Å². The van der Waals surface area contributed by atoms with Gasteiger partial charge in [0.25, 0.3) is 5.91 Å². The van der Waals surface area contributed by atoms with Crippen LogP contribution in [-0.2, 0) is 16.1 Å². The molecule has 144 valence electrons. The predicted molar refractivity (Wildman–Crippen MR) is 104 cm³/mol. The highest BCUT2D eigenvalue weighted by atomic mass is 32.1. The van der Waals surface area contributed by atoms with Crippen molar-refractivity contribution in [2.45, 2.75) is 71.8 Å². The lowest BCUT2D eigenvalue weighted by molar-refractivity contribution is -0.142. The van der Waals surface area contributed by atoms with Gasteiger partial charge in [-0.2, -0.15) is 4.99 Å². The zero-order valence-corrected chi connectivity index (χ0v) is 17.2. The predicted octanol–water partition coefficient (Wildman–Crippen LogP) is 4.24. The second-order valence-corrected chi connectivity index (χ2v) is 10.2. The number of methoxy groups -OCH3 is 1. The fourth-order valence-corrected chi connectivity index (χ4v) is 7.04. The number of aryl methyl sites for hydroxylation is 1. The molecule has 1 heterocycles. The summed E-state index contributed by atoms with van der Waals surface area (Å²) < 4.78 is 7.42. The number of amides is 1. The number of unbranched alkanes of at least 4 members (excludes halogenated alkanes) is 1. The summed E-state index contributed by atoms with van der Waals surface area (Å²) in [4.78, 5) is 20.2. The molecule has 0 aromatic carbocycles. The monoisotopic (exact) mass is 376 g/mol. The van der Waals surface area contributed by atoms with Crippen LogP contribution >= 0.6 is 11.3 Å². The summed E-state index contributed by atoms with van der Waals surface area (Å²) in [5.41, 5.74) is 1.12. The zero-order chi connectivity index (χ0) is 18.3. The van der Waals surface area contributed by atoms with Crippen molar-refractivity contribution in [2.75, 3.05) is 13.7 Å². The third-order valence-corrected chi connectivity index (χ3v) is 8.15. The summed E-state index contributed by atoms with van der Waals surface area (Å²) in [6.07, 6.45) is 9.48. The molecule has 4 aliphatic carbocycles. The smallest absolute Gasteiger partial charge is 0.254 e. The minimum Gasteiger partial charge on any atom is -0.385 e. The third kappa shape index (κ3) is 3.33. The number of nitrogens with zero attached hydrogens (tertiary/aromatic N) is 2. The average Bonchev–Trinajstić information content (AvgIpc) is 2.84. The van der Waals surface area contributed by atoms with Gasteiger partial charge in [-0.25, -0.2) is 0 Å². The summed E-state index contributed by atoms with van der Waals surface area (Å²) in [6, 6.07) is 0. The van der Waals surface area contributed by atoms with Crippen LogP contribution in [0.3, 0.4) is 0 Å². The molecule has 0 N–H and O–H groups in total. The van der Waals surface area contributed by atoms with Crippen LogP contribution in [0.1, 0.15) is 61.9 Å². The van der Waals surface area contributed by atoms with Gasteiger partial charge in [0, 0.05) is 30.8 Å². The van der Waals surface area contributed by atoms with Gasteiger partial charge in [0.1, 0.15) is 0 Å². The summed E-state index contributed by atoms with van der Waals surface area (Å²) in [6.45, 7) is 6.00. The highest BCUT2D eigenvalue weighted by Crippen LogP contribution is 2.60. The number of hydrogen-bond acceptors (Lipinski definition) is 3. The van der Waals surface area contributed by atoms with Crippen molar-refractivity contribution < 1.29 is 9.53 Å². The molecule has 0 saturated heterocycles. The van der Waals surface area contributed by atoms with E-state index in [9.17, 15) is 4.79 Å². The first-order valence-corrected chi connectivity index (χ1v) is 11.1. The fraction of sp³-hybridized carbons (Fsp3) is 0.810. The first-order valence-electron chi connectivity index (χ1n) is 10.3. The van der Waals surface area contributed by atoms with Crippen LogP contribution in [0, 0.1) is 37.0 Å². The molecule has 5 rings (SSSR count). The molecule has 0 atom stereocenters. The standard InChI is InChI=1S/C21H32N2O2S/c1-14-15(2)26-20(23(14)6-4-5-7-25-3)22-19(24)21-11-16-8-17(12-21)10-18(9-16)13-21/h16-18H,4-13H2,1-3H3. The molecule has 4 nitrogen and oxygen atoms in total. The maximum atomic E-state index is 13.3. The molecule has 0 unspecified atom stereocenters. The second kappa shape index (κ2) is 7.23. The van der Waals surface area contributed by atoms with Crippen molar-refractivity contribution in [1.29, 1.82) is 0 Å². The Morgan fingerprint density at radius 2 is 1.77 bits per heavy atom. The van der Waals surface area contributed by atoms with E-state index in [4.69, 9.17) is 9.73 Å². The Labute approximate surface area is 160 Å². The molecular weight excluding hydrogens is 344 g/mol. The SMILES string of the molecule is COCCCCn1c(C)c(C)sc1=NC(=O)C12CC3CC(CC(C3)C1)C2. The molecule has 0 aliphatic heterocycles. The highest BCUT2D eigenvalue weighted by molar-refractivity contribution is 7.09. The Morgan fingerprint density at radius 3 is 2.35 bits per heavy atom. The largest absolute Gasteiger partial charge is 0.385 e. The molecule has 1 amide bonds. The summed E-state index contributed by atoms with van der Waals surface area (Å²) in [5.74, 6) is 2.54. The Bertz CT molecular complexity index is 710. The number of ether oxygens (including phenoxy) is 1. The minimum atomic E-state index is -0.131. The van der Waals surface area contributed by atoms with Gasteiger partial charge in [0.15, 0.2) is 4.80 Å². The molecule has 1 aromatic heterocycles. The van der Waals surface area contributed by atoms with E-state index in [1.807, 2.05) is 0 Å². The van der Waals surface area contributed by atoms with Crippen LogP contribution in [0.25, 0.3) is 0 Å². The number of carbonyl (C=O) groups is 1. The number of aromatic nitrogens is 1. The van der Waals surface area contributed by atoms with Gasteiger partial charge in [-0.1, -0.05) is 0 Å². The fourth-order valence-electron chi connectivity index (χ4n) is 6.04. The third-order valence-electron chi connectivity index (χ3n) is 7.06. The van der Waals surface area contributed by atoms with Crippen LogP contribution in [0.2, 0.25) is 0 Å². The van der Waals surface area contributed by atoms with E-state index in [0.29, 0.717) is 0 Å². The number of hydrogen-bond donors (Lipinski definition) is 0. The van der Waals surface area contributed by atoms with Gasteiger partial charge in [-0.05, 0) is 83.0 Å². The molecule has 4 saturated carbocycles. The lowest BCUT2D eigenvalue weighted by Crippen LogP contribution is -2.50. The van der Waals surface area contributed by atoms with Gasteiger partial charge in [-0.15, -0.1) is 11.3 Å². The van der Waals surface area contributed by atoms with E-state index in [0.717, 1.165) is 67.8 Å². The first kappa shape index (κ1) is 18.4. The number of carbonyl (C=O) groups excluding carboxylic acids is 1. The van der Waals surface area contributed by atoms with Crippen molar-refractivity contribution in [3.63, 3.8) is 0 Å². The Hall–Kier alpha value is -0.940. The molecule has 4 aliphatic rings. The van der Waals surface area contributed by atoms with Gasteiger partial charge in [0.05, 0.1) is 5.41 Å². The van der Waals surface area contributed by atoms with Gasteiger partial charge < -0.3 is 9.30 Å². The minimum absolute atomic E-state index is 0.131. The normalized spacial score (nSPS) is 33.2. The maximum absolute atomic E-state index is 13.3. The van der Waals surface area contributed by atoms with Crippen molar-refractivity contribution in [2.24, 2.45) is 28.2 Å². The quantitative estimate of drug-likeness (QED) is 0.697. The average molecular weight is 377 g/mol. The summed E-state index contributed by atoms with van der Waals surface area (Å²) in [5, 5.41) is 0. The first-order chi connectivity index (χ1) is 12.5. The summed E-state index contributed by atoms with van der Waals surface area (Å²) >= 11 is 1.68. The van der Waals surface area contributed by atoms with E-state index in [1.165, 1.54) is 29.8 Å². The van der Waals surface area contributed by atoms with Crippen molar-refractivity contribution in [3.05, 3.63) is 15.4 Å². The zero-order valence-electron chi connectivity index (χ0n) is 16.4. The second-order valence-electron chi connectivity index (χ2n) is 8.99. The lowest BCUT2D eigenvalue weighted by atomic mass is 9.49. The Balaban J connectivity index is 1.58. The highest BCUT2D eigenvalue weighted by Gasteiger charge is 2.54. The van der Waals surface area contributed by atoms with Crippen LogP contribution < -0.4 is 4.80 Å². The molecule has 26 heavy (non-hydrogen) atoms. The van der Waals surface area contributed by atoms with Crippen LogP contribution in [0.15, 0.2) is 4.99 Å². The Kier molecular flexibility index (Phi) is 5.13. The summed E-state index contributed by atoms with van der Waals surface area (Å²) in [7, 11) is 1.75.